The van der Waals surface area contributed by atoms with Crippen molar-refractivity contribution in [3.63, 3.8) is 0 Å². The van der Waals surface area contributed by atoms with Gasteiger partial charge in [-0.3, -0.25) is 0 Å². The number of benzene rings is 1. The van der Waals surface area contributed by atoms with E-state index in [1.807, 2.05) is 30.4 Å². The summed E-state index contributed by atoms with van der Waals surface area (Å²) in [7, 11) is 3.07. The van der Waals surface area contributed by atoms with Crippen molar-refractivity contribution in [2.45, 2.75) is 17.9 Å². The lowest BCUT2D eigenvalue weighted by atomic mass is 9.89. The third-order valence-electron chi connectivity index (χ3n) is 3.41. The lowest BCUT2D eigenvalue weighted by Crippen LogP contribution is -2.67. The summed E-state index contributed by atoms with van der Waals surface area (Å²) < 4.78 is 10.8. The Labute approximate surface area is 113 Å². The molecule has 0 aromatic heterocycles. The second-order valence-electron chi connectivity index (χ2n) is 4.72. The molecule has 4 heteroatoms. The van der Waals surface area contributed by atoms with E-state index < -0.39 is 11.4 Å². The molecule has 0 bridgehead atoms. The van der Waals surface area contributed by atoms with Crippen LogP contribution in [0.4, 0.5) is 0 Å². The molecule has 0 fully saturated rings. The molecule has 1 aliphatic carbocycles. The second-order valence-corrected chi connectivity index (χ2v) is 4.72. The zero-order chi connectivity index (χ0) is 13.9. The van der Waals surface area contributed by atoms with Gasteiger partial charge in [0, 0.05) is 14.2 Å². The first-order valence-electron chi connectivity index (χ1n) is 6.16. The quantitative estimate of drug-likeness (QED) is 0.801. The fourth-order valence-electron chi connectivity index (χ4n) is 2.27. The summed E-state index contributed by atoms with van der Waals surface area (Å²) in [5.41, 5.74) is 13.1. The topological polar surface area (TPSA) is 70.5 Å². The number of rotatable bonds is 4. The number of hydrogen-bond acceptors (Lipinski definition) is 4. The largest absolute Gasteiger partial charge is 0.347 e. The van der Waals surface area contributed by atoms with E-state index in [4.69, 9.17) is 20.9 Å². The van der Waals surface area contributed by atoms with Gasteiger partial charge in [0.2, 0.25) is 5.79 Å². The smallest absolute Gasteiger partial charge is 0.223 e. The molecule has 102 valence electrons. The van der Waals surface area contributed by atoms with E-state index >= 15 is 0 Å². The molecule has 2 rings (SSSR count). The van der Waals surface area contributed by atoms with Crippen LogP contribution >= 0.6 is 0 Å². The minimum atomic E-state index is -1.18. The molecule has 0 radical (unpaired) electrons. The predicted octanol–water partition coefficient (Wildman–Crippen LogP) is 1.33. The molecule has 0 aliphatic heterocycles. The van der Waals surface area contributed by atoms with Gasteiger partial charge in [-0.1, -0.05) is 36.4 Å². The van der Waals surface area contributed by atoms with Gasteiger partial charge in [-0.2, -0.15) is 0 Å². The van der Waals surface area contributed by atoms with Crippen molar-refractivity contribution >= 4 is 0 Å². The first-order valence-corrected chi connectivity index (χ1v) is 6.16. The van der Waals surface area contributed by atoms with E-state index in [0.29, 0.717) is 0 Å². The van der Waals surface area contributed by atoms with Crippen molar-refractivity contribution < 1.29 is 9.47 Å². The molecule has 19 heavy (non-hydrogen) atoms. The van der Waals surface area contributed by atoms with E-state index in [9.17, 15) is 0 Å². The average molecular weight is 260 g/mol. The van der Waals surface area contributed by atoms with Crippen LogP contribution in [-0.4, -0.2) is 25.7 Å². The van der Waals surface area contributed by atoms with Crippen LogP contribution in [-0.2, 0) is 15.9 Å². The fourth-order valence-corrected chi connectivity index (χ4v) is 2.27. The van der Waals surface area contributed by atoms with Gasteiger partial charge < -0.3 is 20.9 Å². The Balaban J connectivity index is 2.28. The first-order chi connectivity index (χ1) is 9.03. The maximum absolute atomic E-state index is 6.03. The van der Waals surface area contributed by atoms with Gasteiger partial charge in [0.1, 0.15) is 5.66 Å². The standard InChI is InChI=1S/C15H20N2O2/c1-18-15(19-2)11-13(8-9-14(15,16)17)10-12-6-4-3-5-7-12/h3-9,11H,10,16-17H2,1-2H3. The zero-order valence-electron chi connectivity index (χ0n) is 11.3. The predicted molar refractivity (Wildman–Crippen MR) is 75.2 cm³/mol. The van der Waals surface area contributed by atoms with Crippen LogP contribution in [0.3, 0.4) is 0 Å². The van der Waals surface area contributed by atoms with E-state index in [2.05, 4.69) is 12.1 Å². The summed E-state index contributed by atoms with van der Waals surface area (Å²) >= 11 is 0. The normalized spacial score (nSPS) is 20.1. The lowest BCUT2D eigenvalue weighted by Gasteiger charge is -2.42. The molecule has 1 aromatic rings. The molecule has 1 aliphatic rings. The highest BCUT2D eigenvalue weighted by Gasteiger charge is 2.46. The highest BCUT2D eigenvalue weighted by Crippen LogP contribution is 2.30. The Hall–Kier alpha value is -1.46. The van der Waals surface area contributed by atoms with E-state index in [1.54, 1.807) is 6.08 Å². The van der Waals surface area contributed by atoms with Crippen molar-refractivity contribution in [1.82, 2.24) is 0 Å². The maximum Gasteiger partial charge on any atom is 0.223 e. The van der Waals surface area contributed by atoms with E-state index in [-0.39, 0.29) is 0 Å². The van der Waals surface area contributed by atoms with Gasteiger partial charge in [-0.05, 0) is 29.7 Å². The number of hydrogen-bond donors (Lipinski definition) is 2. The highest BCUT2D eigenvalue weighted by molar-refractivity contribution is 5.38. The Morgan fingerprint density at radius 1 is 1.05 bits per heavy atom. The van der Waals surface area contributed by atoms with Gasteiger partial charge in [0.25, 0.3) is 0 Å². The average Bonchev–Trinajstić information content (AvgIpc) is 2.42. The van der Waals surface area contributed by atoms with Crippen molar-refractivity contribution in [1.29, 1.82) is 0 Å². The van der Waals surface area contributed by atoms with Crippen LogP contribution in [0.5, 0.6) is 0 Å². The Morgan fingerprint density at radius 3 is 2.26 bits per heavy atom. The van der Waals surface area contributed by atoms with Crippen LogP contribution in [0.15, 0.2) is 54.1 Å². The summed E-state index contributed by atoms with van der Waals surface area (Å²) in [6.07, 6.45) is 6.27. The molecule has 4 nitrogen and oxygen atoms in total. The van der Waals surface area contributed by atoms with Crippen molar-refractivity contribution in [2.24, 2.45) is 11.5 Å². The van der Waals surface area contributed by atoms with Crippen molar-refractivity contribution in [2.75, 3.05) is 14.2 Å². The second kappa shape index (κ2) is 5.27. The minimum absolute atomic E-state index is 0.780. The molecule has 0 saturated carbocycles. The molecule has 0 saturated heterocycles. The molecular formula is C15H20N2O2. The Kier molecular flexibility index (Phi) is 3.87. The highest BCUT2D eigenvalue weighted by atomic mass is 16.7. The third kappa shape index (κ3) is 2.62. The molecule has 0 unspecified atom stereocenters. The van der Waals surface area contributed by atoms with Crippen molar-refractivity contribution in [3.05, 3.63) is 59.7 Å². The Bertz CT molecular complexity index is 488. The lowest BCUT2D eigenvalue weighted by molar-refractivity contribution is -0.202. The van der Waals surface area contributed by atoms with Crippen LogP contribution in [0.2, 0.25) is 0 Å². The van der Waals surface area contributed by atoms with Gasteiger partial charge >= 0.3 is 0 Å². The zero-order valence-corrected chi connectivity index (χ0v) is 11.3. The maximum atomic E-state index is 6.03. The monoisotopic (exact) mass is 260 g/mol. The first kappa shape index (κ1) is 14.0. The van der Waals surface area contributed by atoms with Crippen LogP contribution in [0.25, 0.3) is 0 Å². The summed E-state index contributed by atoms with van der Waals surface area (Å²) in [6, 6.07) is 10.2. The molecule has 0 spiro atoms. The number of allylic oxidation sites excluding steroid dienone is 2. The molecule has 0 amide bonds. The van der Waals surface area contributed by atoms with Gasteiger partial charge in [0.15, 0.2) is 0 Å². The van der Waals surface area contributed by atoms with Crippen LogP contribution < -0.4 is 11.5 Å². The van der Waals surface area contributed by atoms with Crippen LogP contribution in [0, 0.1) is 0 Å². The molecular weight excluding hydrogens is 240 g/mol. The molecule has 0 heterocycles. The van der Waals surface area contributed by atoms with Gasteiger partial charge in [0.05, 0.1) is 0 Å². The molecule has 4 N–H and O–H groups in total. The summed E-state index contributed by atoms with van der Waals surface area (Å²) in [4.78, 5) is 0. The minimum Gasteiger partial charge on any atom is -0.347 e. The summed E-state index contributed by atoms with van der Waals surface area (Å²) in [5.74, 6) is -1.13. The SMILES string of the molecule is COC1(OC)C=C(Cc2ccccc2)C=CC1(N)N. The number of nitrogens with two attached hydrogens (primary N) is 2. The van der Waals surface area contributed by atoms with E-state index in [0.717, 1.165) is 12.0 Å². The third-order valence-corrected chi connectivity index (χ3v) is 3.41. The van der Waals surface area contributed by atoms with E-state index in [1.165, 1.54) is 19.8 Å². The summed E-state index contributed by atoms with van der Waals surface area (Å²) in [5, 5.41) is 0. The number of methoxy groups -OCH3 is 2. The molecule has 1 aromatic carbocycles. The van der Waals surface area contributed by atoms with Gasteiger partial charge in [-0.15, -0.1) is 0 Å². The van der Waals surface area contributed by atoms with Crippen LogP contribution in [0.1, 0.15) is 5.56 Å². The molecule has 0 atom stereocenters. The summed E-state index contributed by atoms with van der Waals surface area (Å²) in [6.45, 7) is 0. The Morgan fingerprint density at radius 2 is 1.68 bits per heavy atom. The number of ether oxygens (including phenoxy) is 2. The van der Waals surface area contributed by atoms with Gasteiger partial charge in [-0.25, -0.2) is 0 Å². The fraction of sp³-hybridized carbons (Fsp3) is 0.333. The van der Waals surface area contributed by atoms with Crippen molar-refractivity contribution in [3.8, 4) is 0 Å².